The maximum atomic E-state index is 11.9. The number of H-pyrrole nitrogens is 1. The van der Waals surface area contributed by atoms with E-state index < -0.39 is 0 Å². The van der Waals surface area contributed by atoms with Gasteiger partial charge in [-0.1, -0.05) is 30.3 Å². The Bertz CT molecular complexity index is 755. The van der Waals surface area contributed by atoms with Crippen molar-refractivity contribution < 1.29 is 4.79 Å². The van der Waals surface area contributed by atoms with Crippen molar-refractivity contribution in [1.82, 2.24) is 25.5 Å². The van der Waals surface area contributed by atoms with Crippen molar-refractivity contribution in [3.05, 3.63) is 66.2 Å². The van der Waals surface area contributed by atoms with E-state index in [1.165, 1.54) is 0 Å². The summed E-state index contributed by atoms with van der Waals surface area (Å²) < 4.78 is 0. The first-order valence-corrected chi connectivity index (χ1v) is 7.43. The molecule has 1 amide bonds. The Morgan fingerprint density at radius 1 is 1.09 bits per heavy atom. The van der Waals surface area contributed by atoms with Gasteiger partial charge in [0.2, 0.25) is 5.91 Å². The number of pyridine rings is 1. The van der Waals surface area contributed by atoms with Crippen LogP contribution in [0.2, 0.25) is 0 Å². The molecule has 3 aromatic rings. The van der Waals surface area contributed by atoms with Gasteiger partial charge in [0.05, 0.1) is 6.54 Å². The Morgan fingerprint density at radius 3 is 2.65 bits per heavy atom. The molecule has 0 aliphatic heterocycles. The maximum Gasteiger partial charge on any atom is 0.220 e. The van der Waals surface area contributed by atoms with Gasteiger partial charge in [-0.15, -0.1) is 0 Å². The number of nitrogens with zero attached hydrogens (tertiary/aromatic N) is 3. The topological polar surface area (TPSA) is 83.6 Å². The van der Waals surface area contributed by atoms with Crippen LogP contribution < -0.4 is 5.32 Å². The van der Waals surface area contributed by atoms with Gasteiger partial charge in [0, 0.05) is 24.4 Å². The van der Waals surface area contributed by atoms with Crippen molar-refractivity contribution in [1.29, 1.82) is 0 Å². The molecule has 2 heterocycles. The molecule has 6 nitrogen and oxygen atoms in total. The lowest BCUT2D eigenvalue weighted by Crippen LogP contribution is -2.23. The SMILES string of the molecule is O=C(CCc1ccccc1)NCc1nc(-c2ccncc2)n[nH]1. The zero-order valence-corrected chi connectivity index (χ0v) is 12.6. The normalized spacial score (nSPS) is 10.4. The molecule has 2 aromatic heterocycles. The molecule has 0 saturated heterocycles. The average Bonchev–Trinajstić information content (AvgIpc) is 3.09. The molecule has 0 radical (unpaired) electrons. The Morgan fingerprint density at radius 2 is 1.87 bits per heavy atom. The summed E-state index contributed by atoms with van der Waals surface area (Å²) in [6, 6.07) is 13.6. The highest BCUT2D eigenvalue weighted by Gasteiger charge is 2.07. The van der Waals surface area contributed by atoms with Gasteiger partial charge in [-0.05, 0) is 24.1 Å². The Kier molecular flexibility index (Phi) is 4.73. The monoisotopic (exact) mass is 307 g/mol. The molecule has 0 fully saturated rings. The summed E-state index contributed by atoms with van der Waals surface area (Å²) in [4.78, 5) is 20.2. The van der Waals surface area contributed by atoms with Crippen LogP contribution >= 0.6 is 0 Å². The number of carbonyl (C=O) groups excluding carboxylic acids is 1. The van der Waals surface area contributed by atoms with E-state index in [0.29, 0.717) is 24.6 Å². The molecule has 0 saturated carbocycles. The fourth-order valence-corrected chi connectivity index (χ4v) is 2.18. The van der Waals surface area contributed by atoms with E-state index in [-0.39, 0.29) is 5.91 Å². The molecule has 23 heavy (non-hydrogen) atoms. The van der Waals surface area contributed by atoms with E-state index in [2.05, 4.69) is 25.5 Å². The van der Waals surface area contributed by atoms with Crippen LogP contribution in [0.15, 0.2) is 54.9 Å². The number of amides is 1. The van der Waals surface area contributed by atoms with E-state index in [9.17, 15) is 4.79 Å². The van der Waals surface area contributed by atoms with E-state index >= 15 is 0 Å². The zero-order valence-electron chi connectivity index (χ0n) is 12.6. The minimum atomic E-state index is -0.00397. The largest absolute Gasteiger partial charge is 0.349 e. The Balaban J connectivity index is 1.49. The van der Waals surface area contributed by atoms with Gasteiger partial charge in [0.15, 0.2) is 5.82 Å². The van der Waals surface area contributed by atoms with Crippen LogP contribution in [0.1, 0.15) is 17.8 Å². The second kappa shape index (κ2) is 7.31. The van der Waals surface area contributed by atoms with E-state index in [1.54, 1.807) is 12.4 Å². The van der Waals surface area contributed by atoms with E-state index in [4.69, 9.17) is 0 Å². The summed E-state index contributed by atoms with van der Waals surface area (Å²) in [5, 5.41) is 9.83. The fraction of sp³-hybridized carbons (Fsp3) is 0.176. The minimum absolute atomic E-state index is 0.00397. The standard InChI is InChI=1S/C17H17N5O/c23-16(7-6-13-4-2-1-3-5-13)19-12-15-20-17(22-21-15)14-8-10-18-11-9-14/h1-5,8-11H,6-7,12H2,(H,19,23)(H,20,21,22). The molecule has 0 spiro atoms. The third kappa shape index (κ3) is 4.23. The third-order valence-corrected chi connectivity index (χ3v) is 3.41. The number of carbonyl (C=O) groups is 1. The molecule has 0 aliphatic carbocycles. The Hall–Kier alpha value is -3.02. The molecule has 1 aromatic carbocycles. The van der Waals surface area contributed by atoms with Gasteiger partial charge >= 0.3 is 0 Å². The summed E-state index contributed by atoms with van der Waals surface area (Å²) in [7, 11) is 0. The predicted molar refractivity (Wildman–Crippen MR) is 86.2 cm³/mol. The predicted octanol–water partition coefficient (Wildman–Crippen LogP) is 2.12. The Labute approximate surface area is 134 Å². The molecule has 3 rings (SSSR count). The smallest absolute Gasteiger partial charge is 0.220 e. The van der Waals surface area contributed by atoms with Crippen molar-refractivity contribution in [3.8, 4) is 11.4 Å². The molecular formula is C17H17N5O. The van der Waals surface area contributed by atoms with Crippen LogP contribution in [-0.4, -0.2) is 26.1 Å². The summed E-state index contributed by atoms with van der Waals surface area (Å²) in [5.74, 6) is 1.22. The molecule has 116 valence electrons. The average molecular weight is 307 g/mol. The molecule has 0 atom stereocenters. The summed E-state index contributed by atoms with van der Waals surface area (Å²) >= 11 is 0. The van der Waals surface area contributed by atoms with Crippen LogP contribution in [0.5, 0.6) is 0 Å². The maximum absolute atomic E-state index is 11.9. The van der Waals surface area contributed by atoms with Gasteiger partial charge in [-0.3, -0.25) is 14.9 Å². The molecule has 0 aliphatic rings. The van der Waals surface area contributed by atoms with E-state index in [1.807, 2.05) is 42.5 Å². The van der Waals surface area contributed by atoms with Gasteiger partial charge in [0.1, 0.15) is 5.82 Å². The summed E-state index contributed by atoms with van der Waals surface area (Å²) in [5.41, 5.74) is 2.04. The number of aryl methyl sites for hydroxylation is 1. The fourth-order valence-electron chi connectivity index (χ4n) is 2.18. The van der Waals surface area contributed by atoms with Crippen LogP contribution in [0.3, 0.4) is 0 Å². The highest BCUT2D eigenvalue weighted by Crippen LogP contribution is 2.12. The summed E-state index contributed by atoms with van der Waals surface area (Å²) in [6.45, 7) is 0.339. The number of hydrogen-bond donors (Lipinski definition) is 2. The number of aromatic nitrogens is 4. The first kappa shape index (κ1) is 14.9. The molecule has 2 N–H and O–H groups in total. The lowest BCUT2D eigenvalue weighted by molar-refractivity contribution is -0.121. The van der Waals surface area contributed by atoms with Crippen LogP contribution in [-0.2, 0) is 17.8 Å². The first-order chi connectivity index (χ1) is 11.3. The van der Waals surface area contributed by atoms with Gasteiger partial charge in [-0.2, -0.15) is 5.10 Å². The van der Waals surface area contributed by atoms with Crippen molar-refractivity contribution >= 4 is 5.91 Å². The van der Waals surface area contributed by atoms with Gasteiger partial charge < -0.3 is 5.32 Å². The lowest BCUT2D eigenvalue weighted by Gasteiger charge is -2.03. The number of rotatable bonds is 6. The third-order valence-electron chi connectivity index (χ3n) is 3.41. The van der Waals surface area contributed by atoms with Gasteiger partial charge in [-0.25, -0.2) is 4.98 Å². The molecular weight excluding hydrogens is 290 g/mol. The highest BCUT2D eigenvalue weighted by molar-refractivity contribution is 5.76. The van der Waals surface area contributed by atoms with Crippen molar-refractivity contribution in [2.24, 2.45) is 0 Å². The molecule has 0 bridgehead atoms. The quantitative estimate of drug-likeness (QED) is 0.730. The highest BCUT2D eigenvalue weighted by atomic mass is 16.1. The number of aromatic amines is 1. The number of benzene rings is 1. The van der Waals surface area contributed by atoms with Crippen LogP contribution in [0, 0.1) is 0 Å². The zero-order chi connectivity index (χ0) is 15.9. The second-order valence-electron chi connectivity index (χ2n) is 5.10. The second-order valence-corrected chi connectivity index (χ2v) is 5.10. The number of hydrogen-bond acceptors (Lipinski definition) is 4. The molecule has 6 heteroatoms. The lowest BCUT2D eigenvalue weighted by atomic mass is 10.1. The molecule has 0 unspecified atom stereocenters. The van der Waals surface area contributed by atoms with Crippen molar-refractivity contribution in [3.63, 3.8) is 0 Å². The van der Waals surface area contributed by atoms with Gasteiger partial charge in [0.25, 0.3) is 0 Å². The number of nitrogens with one attached hydrogen (secondary N) is 2. The van der Waals surface area contributed by atoms with Crippen LogP contribution in [0.25, 0.3) is 11.4 Å². The van der Waals surface area contributed by atoms with Crippen LogP contribution in [0.4, 0.5) is 0 Å². The van der Waals surface area contributed by atoms with Crippen molar-refractivity contribution in [2.75, 3.05) is 0 Å². The minimum Gasteiger partial charge on any atom is -0.349 e. The first-order valence-electron chi connectivity index (χ1n) is 7.43. The van der Waals surface area contributed by atoms with E-state index in [0.717, 1.165) is 17.5 Å². The summed E-state index contributed by atoms with van der Waals surface area (Å²) in [6.07, 6.45) is 4.56. The van der Waals surface area contributed by atoms with Crippen molar-refractivity contribution in [2.45, 2.75) is 19.4 Å².